The van der Waals surface area contributed by atoms with Gasteiger partial charge in [0.2, 0.25) is 0 Å². The molecular formula is C21H27IN4O3. The number of nitrogens with one attached hydrogen (secondary N) is 2. The molecule has 0 aliphatic carbocycles. The van der Waals surface area contributed by atoms with Crippen LogP contribution in [0.2, 0.25) is 0 Å². The Morgan fingerprint density at radius 2 is 1.86 bits per heavy atom. The van der Waals surface area contributed by atoms with Crippen molar-refractivity contribution in [2.24, 2.45) is 10.9 Å². The number of hydrogen-bond donors (Lipinski definition) is 2. The maximum Gasteiger partial charge on any atom is 0.269 e. The van der Waals surface area contributed by atoms with Crippen molar-refractivity contribution in [2.75, 3.05) is 26.3 Å². The summed E-state index contributed by atoms with van der Waals surface area (Å²) in [6.45, 7) is 3.66. The summed E-state index contributed by atoms with van der Waals surface area (Å²) in [5.41, 5.74) is 2.29. The first-order chi connectivity index (χ1) is 13.7. The fourth-order valence-electron chi connectivity index (χ4n) is 3.02. The van der Waals surface area contributed by atoms with E-state index in [-0.39, 0.29) is 29.7 Å². The second-order valence-corrected chi connectivity index (χ2v) is 6.86. The van der Waals surface area contributed by atoms with Crippen molar-refractivity contribution in [2.45, 2.75) is 19.4 Å². The molecule has 1 heterocycles. The van der Waals surface area contributed by atoms with Crippen LogP contribution in [0.5, 0.6) is 0 Å². The van der Waals surface area contributed by atoms with Crippen LogP contribution < -0.4 is 10.6 Å². The molecule has 2 aromatic carbocycles. The van der Waals surface area contributed by atoms with Gasteiger partial charge in [-0.1, -0.05) is 42.5 Å². The zero-order chi connectivity index (χ0) is 19.6. The minimum absolute atomic E-state index is 0. The van der Waals surface area contributed by atoms with Crippen LogP contribution in [0, 0.1) is 16.0 Å². The van der Waals surface area contributed by atoms with Gasteiger partial charge in [0.25, 0.3) is 5.69 Å². The predicted molar refractivity (Wildman–Crippen MR) is 125 cm³/mol. The Balaban J connectivity index is 0.00000300. The summed E-state index contributed by atoms with van der Waals surface area (Å²) in [6, 6.07) is 16.8. The van der Waals surface area contributed by atoms with Crippen molar-refractivity contribution < 1.29 is 9.66 Å². The first-order valence-corrected chi connectivity index (χ1v) is 9.58. The SMILES string of the molecule is I.O=[N+]([O-])c1ccc(CN=C(NCCc2ccccc2)NCC2CCOC2)cc1. The first-order valence-electron chi connectivity index (χ1n) is 9.58. The molecule has 3 rings (SSSR count). The molecule has 7 nitrogen and oxygen atoms in total. The van der Waals surface area contributed by atoms with Crippen LogP contribution >= 0.6 is 24.0 Å². The van der Waals surface area contributed by atoms with E-state index in [0.29, 0.717) is 12.5 Å². The van der Waals surface area contributed by atoms with Crippen LogP contribution in [0.1, 0.15) is 17.5 Å². The van der Waals surface area contributed by atoms with Crippen molar-refractivity contribution >= 4 is 35.6 Å². The number of guanidine groups is 1. The Hall–Kier alpha value is -2.20. The Bertz CT molecular complexity index is 778. The summed E-state index contributed by atoms with van der Waals surface area (Å²) >= 11 is 0. The second-order valence-electron chi connectivity index (χ2n) is 6.86. The summed E-state index contributed by atoms with van der Waals surface area (Å²) in [7, 11) is 0. The number of aliphatic imine (C=N–C) groups is 1. The molecule has 0 amide bonds. The van der Waals surface area contributed by atoms with E-state index in [2.05, 4.69) is 27.8 Å². The number of nitro benzene ring substituents is 1. The van der Waals surface area contributed by atoms with Crippen molar-refractivity contribution in [3.63, 3.8) is 0 Å². The van der Waals surface area contributed by atoms with Gasteiger partial charge in [0, 0.05) is 37.7 Å². The molecule has 1 aliphatic rings. The lowest BCUT2D eigenvalue weighted by Gasteiger charge is -2.15. The van der Waals surface area contributed by atoms with Crippen molar-refractivity contribution in [1.82, 2.24) is 10.6 Å². The molecule has 156 valence electrons. The third kappa shape index (κ3) is 7.98. The molecule has 2 N–H and O–H groups in total. The van der Waals surface area contributed by atoms with Crippen molar-refractivity contribution in [1.29, 1.82) is 0 Å². The van der Waals surface area contributed by atoms with Crippen molar-refractivity contribution in [3.8, 4) is 0 Å². The lowest BCUT2D eigenvalue weighted by atomic mass is 10.1. The van der Waals surface area contributed by atoms with E-state index in [9.17, 15) is 10.1 Å². The zero-order valence-corrected chi connectivity index (χ0v) is 18.6. The van der Waals surface area contributed by atoms with Crippen LogP contribution in [0.15, 0.2) is 59.6 Å². The standard InChI is InChI=1S/C21H26N4O3.HI/c26-25(27)20-8-6-18(7-9-20)14-23-21(24-15-19-11-13-28-16-19)22-12-10-17-4-2-1-3-5-17;/h1-9,19H,10-16H2,(H2,22,23,24);1H. The van der Waals surface area contributed by atoms with Crippen LogP contribution in [0.25, 0.3) is 0 Å². The number of halogens is 1. The fraction of sp³-hybridized carbons (Fsp3) is 0.381. The van der Waals surface area contributed by atoms with Crippen molar-refractivity contribution in [3.05, 3.63) is 75.8 Å². The number of hydrogen-bond acceptors (Lipinski definition) is 4. The highest BCUT2D eigenvalue weighted by Gasteiger charge is 2.15. The topological polar surface area (TPSA) is 88.8 Å². The van der Waals surface area contributed by atoms with E-state index in [1.54, 1.807) is 12.1 Å². The zero-order valence-electron chi connectivity index (χ0n) is 16.3. The first kappa shape index (κ1) is 23.1. The Labute approximate surface area is 188 Å². The normalized spacial score (nSPS) is 16.1. The summed E-state index contributed by atoms with van der Waals surface area (Å²) < 4.78 is 5.43. The number of benzene rings is 2. The van der Waals surface area contributed by atoms with Gasteiger partial charge in [0.1, 0.15) is 0 Å². The molecule has 1 fully saturated rings. The van der Waals surface area contributed by atoms with Gasteiger partial charge < -0.3 is 15.4 Å². The van der Waals surface area contributed by atoms with Gasteiger partial charge in [-0.3, -0.25) is 10.1 Å². The number of nitrogens with zero attached hydrogens (tertiary/aromatic N) is 2. The summed E-state index contributed by atoms with van der Waals surface area (Å²) in [4.78, 5) is 15.0. The van der Waals surface area contributed by atoms with E-state index < -0.39 is 4.92 Å². The van der Waals surface area contributed by atoms with E-state index in [4.69, 9.17) is 4.74 Å². The number of rotatable bonds is 8. The minimum atomic E-state index is -0.394. The number of non-ortho nitro benzene ring substituents is 1. The Morgan fingerprint density at radius 1 is 1.10 bits per heavy atom. The average Bonchev–Trinajstić information content (AvgIpc) is 3.24. The molecule has 1 unspecified atom stereocenters. The fourth-order valence-corrected chi connectivity index (χ4v) is 3.02. The van der Waals surface area contributed by atoms with Gasteiger partial charge in [0.05, 0.1) is 18.1 Å². The van der Waals surface area contributed by atoms with E-state index in [1.807, 2.05) is 18.2 Å². The van der Waals surface area contributed by atoms with E-state index >= 15 is 0 Å². The third-order valence-electron chi connectivity index (χ3n) is 4.70. The number of nitro groups is 1. The van der Waals surface area contributed by atoms with E-state index in [0.717, 1.165) is 50.7 Å². The molecular weight excluding hydrogens is 483 g/mol. The van der Waals surface area contributed by atoms with Gasteiger partial charge in [-0.15, -0.1) is 24.0 Å². The van der Waals surface area contributed by atoms with Gasteiger partial charge >= 0.3 is 0 Å². The Morgan fingerprint density at radius 3 is 2.52 bits per heavy atom. The van der Waals surface area contributed by atoms with E-state index in [1.165, 1.54) is 17.7 Å². The summed E-state index contributed by atoms with van der Waals surface area (Å²) in [6.07, 6.45) is 1.97. The van der Waals surface area contributed by atoms with Gasteiger partial charge in [-0.2, -0.15) is 0 Å². The molecule has 0 saturated carbocycles. The summed E-state index contributed by atoms with van der Waals surface area (Å²) in [5, 5.41) is 17.6. The second kappa shape index (κ2) is 12.4. The largest absolute Gasteiger partial charge is 0.381 e. The molecule has 0 aromatic heterocycles. The molecule has 1 aliphatic heterocycles. The van der Waals surface area contributed by atoms with Crippen LogP contribution in [-0.4, -0.2) is 37.2 Å². The molecule has 2 aromatic rings. The molecule has 0 bridgehead atoms. The molecule has 1 atom stereocenters. The lowest BCUT2D eigenvalue weighted by Crippen LogP contribution is -2.41. The molecule has 0 spiro atoms. The van der Waals surface area contributed by atoms with Gasteiger partial charge in [0.15, 0.2) is 5.96 Å². The molecule has 0 radical (unpaired) electrons. The highest BCUT2D eigenvalue weighted by atomic mass is 127. The molecule has 8 heteroatoms. The molecule has 29 heavy (non-hydrogen) atoms. The van der Waals surface area contributed by atoms with Gasteiger partial charge in [-0.25, -0.2) is 4.99 Å². The predicted octanol–water partition coefficient (Wildman–Crippen LogP) is 3.53. The lowest BCUT2D eigenvalue weighted by molar-refractivity contribution is -0.384. The maximum atomic E-state index is 10.8. The number of ether oxygens (including phenoxy) is 1. The summed E-state index contributed by atoms with van der Waals surface area (Å²) in [5.74, 6) is 1.25. The van der Waals surface area contributed by atoms with Crippen LogP contribution in [0.3, 0.4) is 0 Å². The van der Waals surface area contributed by atoms with Gasteiger partial charge in [-0.05, 0) is 24.0 Å². The average molecular weight is 510 g/mol. The Kier molecular flexibility index (Phi) is 9.85. The minimum Gasteiger partial charge on any atom is -0.381 e. The maximum absolute atomic E-state index is 10.8. The highest BCUT2D eigenvalue weighted by Crippen LogP contribution is 2.13. The third-order valence-corrected chi connectivity index (χ3v) is 4.70. The molecule has 1 saturated heterocycles. The quantitative estimate of drug-likeness (QED) is 0.187. The smallest absolute Gasteiger partial charge is 0.269 e. The van der Waals surface area contributed by atoms with Crippen LogP contribution in [-0.2, 0) is 17.7 Å². The highest BCUT2D eigenvalue weighted by molar-refractivity contribution is 14.0. The van der Waals surface area contributed by atoms with Crippen LogP contribution in [0.4, 0.5) is 5.69 Å². The monoisotopic (exact) mass is 510 g/mol.